The van der Waals surface area contributed by atoms with Gasteiger partial charge >= 0.3 is 0 Å². The van der Waals surface area contributed by atoms with Crippen molar-refractivity contribution in [2.45, 2.75) is 57.7 Å². The average molecular weight is 290 g/mol. The first kappa shape index (κ1) is 14.1. The molecule has 1 saturated carbocycles. The maximum absolute atomic E-state index is 12.8. The molecule has 2 amide bonds. The Labute approximate surface area is 124 Å². The monoisotopic (exact) mass is 290 g/mol. The predicted molar refractivity (Wildman–Crippen MR) is 77.3 cm³/mol. The lowest BCUT2D eigenvalue weighted by Crippen LogP contribution is -2.66. The van der Waals surface area contributed by atoms with E-state index in [0.29, 0.717) is 6.54 Å². The molecule has 2 heterocycles. The van der Waals surface area contributed by atoms with Crippen LogP contribution in [0.25, 0.3) is 0 Å². The van der Waals surface area contributed by atoms with Crippen LogP contribution >= 0.6 is 0 Å². The highest BCUT2D eigenvalue weighted by Crippen LogP contribution is 2.32. The van der Waals surface area contributed by atoms with Gasteiger partial charge < -0.3 is 10.2 Å². The Hall–Kier alpha value is -1.85. The SMILES string of the molecule is CCn1cc(CN2CC(=O)NC3(CCCCC3)C2=O)cn1. The summed E-state index contributed by atoms with van der Waals surface area (Å²) in [5.41, 5.74) is 0.333. The average Bonchev–Trinajstić information content (AvgIpc) is 2.93. The van der Waals surface area contributed by atoms with Crippen LogP contribution < -0.4 is 5.32 Å². The van der Waals surface area contributed by atoms with Crippen LogP contribution in [0.1, 0.15) is 44.6 Å². The summed E-state index contributed by atoms with van der Waals surface area (Å²) in [7, 11) is 0. The minimum Gasteiger partial charge on any atom is -0.340 e. The highest BCUT2D eigenvalue weighted by atomic mass is 16.2. The molecule has 1 aliphatic carbocycles. The van der Waals surface area contributed by atoms with Crippen LogP contribution in [0.5, 0.6) is 0 Å². The van der Waals surface area contributed by atoms with Crippen molar-refractivity contribution in [3.63, 3.8) is 0 Å². The van der Waals surface area contributed by atoms with Gasteiger partial charge in [0, 0.05) is 24.8 Å². The molecule has 1 aliphatic heterocycles. The molecule has 21 heavy (non-hydrogen) atoms. The number of aryl methyl sites for hydroxylation is 1. The smallest absolute Gasteiger partial charge is 0.249 e. The fraction of sp³-hybridized carbons (Fsp3) is 0.667. The molecule has 3 rings (SSSR count). The van der Waals surface area contributed by atoms with Crippen LogP contribution in [-0.2, 0) is 22.7 Å². The first-order chi connectivity index (χ1) is 10.1. The fourth-order valence-electron chi connectivity index (χ4n) is 3.41. The molecule has 6 nitrogen and oxygen atoms in total. The summed E-state index contributed by atoms with van der Waals surface area (Å²) in [6.45, 7) is 3.44. The number of hydrogen-bond donors (Lipinski definition) is 1. The van der Waals surface area contributed by atoms with E-state index >= 15 is 0 Å². The van der Waals surface area contributed by atoms with Crippen molar-refractivity contribution in [2.24, 2.45) is 0 Å². The molecule has 6 heteroatoms. The van der Waals surface area contributed by atoms with E-state index in [9.17, 15) is 9.59 Å². The Morgan fingerprint density at radius 3 is 2.71 bits per heavy atom. The van der Waals surface area contributed by atoms with Crippen LogP contribution in [0.3, 0.4) is 0 Å². The van der Waals surface area contributed by atoms with Crippen molar-refractivity contribution in [3.05, 3.63) is 18.0 Å². The number of hydrogen-bond acceptors (Lipinski definition) is 3. The summed E-state index contributed by atoms with van der Waals surface area (Å²) in [6.07, 6.45) is 8.41. The lowest BCUT2D eigenvalue weighted by Gasteiger charge is -2.44. The molecule has 0 atom stereocenters. The molecule has 1 aromatic heterocycles. The van der Waals surface area contributed by atoms with E-state index in [1.54, 1.807) is 11.1 Å². The van der Waals surface area contributed by atoms with Crippen molar-refractivity contribution in [1.82, 2.24) is 20.0 Å². The molecule has 1 saturated heterocycles. The quantitative estimate of drug-likeness (QED) is 0.905. The van der Waals surface area contributed by atoms with E-state index in [1.165, 1.54) is 0 Å². The van der Waals surface area contributed by atoms with Crippen LogP contribution in [-0.4, -0.2) is 38.6 Å². The first-order valence-electron chi connectivity index (χ1n) is 7.75. The fourth-order valence-corrected chi connectivity index (χ4v) is 3.41. The van der Waals surface area contributed by atoms with E-state index in [0.717, 1.165) is 44.2 Å². The number of piperazine rings is 1. The lowest BCUT2D eigenvalue weighted by molar-refractivity contribution is -0.152. The summed E-state index contributed by atoms with van der Waals surface area (Å²) in [5.74, 6) is 0.0328. The van der Waals surface area contributed by atoms with E-state index in [2.05, 4.69) is 10.4 Å². The third kappa shape index (κ3) is 2.66. The number of aromatic nitrogens is 2. The summed E-state index contributed by atoms with van der Waals surface area (Å²) in [5, 5.41) is 7.19. The summed E-state index contributed by atoms with van der Waals surface area (Å²) < 4.78 is 1.83. The van der Waals surface area contributed by atoms with Gasteiger partial charge in [-0.15, -0.1) is 0 Å². The standard InChI is InChI=1S/C15H22N4O2/c1-2-19-10-12(8-16-19)9-18-11-13(20)17-15(14(18)21)6-4-3-5-7-15/h8,10H,2-7,9,11H2,1H3,(H,17,20). The molecule has 0 bridgehead atoms. The largest absolute Gasteiger partial charge is 0.340 e. The van der Waals surface area contributed by atoms with Crippen LogP contribution in [0.15, 0.2) is 12.4 Å². The van der Waals surface area contributed by atoms with Gasteiger partial charge in [0.25, 0.3) is 0 Å². The van der Waals surface area contributed by atoms with E-state index in [-0.39, 0.29) is 18.4 Å². The van der Waals surface area contributed by atoms with Crippen LogP contribution in [0.2, 0.25) is 0 Å². The zero-order valence-corrected chi connectivity index (χ0v) is 12.5. The van der Waals surface area contributed by atoms with Gasteiger partial charge in [0.2, 0.25) is 11.8 Å². The molecular weight excluding hydrogens is 268 g/mol. The molecular formula is C15H22N4O2. The Balaban J connectivity index is 1.77. The lowest BCUT2D eigenvalue weighted by atomic mass is 9.79. The van der Waals surface area contributed by atoms with E-state index in [4.69, 9.17) is 0 Å². The molecule has 0 radical (unpaired) electrons. The third-order valence-corrected chi connectivity index (χ3v) is 4.50. The second-order valence-electron chi connectivity index (χ2n) is 6.06. The van der Waals surface area contributed by atoms with Gasteiger partial charge in [-0.2, -0.15) is 5.10 Å². The summed E-state index contributed by atoms with van der Waals surface area (Å²) >= 11 is 0. The molecule has 114 valence electrons. The molecule has 1 aromatic rings. The summed E-state index contributed by atoms with van der Waals surface area (Å²) in [4.78, 5) is 26.5. The number of nitrogens with zero attached hydrogens (tertiary/aromatic N) is 3. The zero-order valence-electron chi connectivity index (χ0n) is 12.5. The number of nitrogens with one attached hydrogen (secondary N) is 1. The Morgan fingerprint density at radius 2 is 2.05 bits per heavy atom. The van der Waals surface area contributed by atoms with E-state index < -0.39 is 5.54 Å². The van der Waals surface area contributed by atoms with Gasteiger partial charge in [0.15, 0.2) is 0 Å². The van der Waals surface area contributed by atoms with Crippen LogP contribution in [0.4, 0.5) is 0 Å². The molecule has 2 aliphatic rings. The molecule has 0 unspecified atom stereocenters. The second-order valence-corrected chi connectivity index (χ2v) is 6.06. The molecule has 1 N–H and O–H groups in total. The maximum Gasteiger partial charge on any atom is 0.249 e. The Morgan fingerprint density at radius 1 is 1.29 bits per heavy atom. The maximum atomic E-state index is 12.8. The topological polar surface area (TPSA) is 67.2 Å². The predicted octanol–water partition coefficient (Wildman–Crippen LogP) is 1.06. The number of carbonyl (C=O) groups excluding carboxylic acids is 2. The van der Waals surface area contributed by atoms with Crippen molar-refractivity contribution in [1.29, 1.82) is 0 Å². The van der Waals surface area contributed by atoms with Crippen molar-refractivity contribution >= 4 is 11.8 Å². The number of carbonyl (C=O) groups is 2. The van der Waals surface area contributed by atoms with Crippen LogP contribution in [0, 0.1) is 0 Å². The molecule has 0 aromatic carbocycles. The van der Waals surface area contributed by atoms with Crippen molar-refractivity contribution < 1.29 is 9.59 Å². The van der Waals surface area contributed by atoms with Crippen molar-refractivity contribution in [2.75, 3.05) is 6.54 Å². The first-order valence-corrected chi connectivity index (χ1v) is 7.75. The highest BCUT2D eigenvalue weighted by Gasteiger charge is 2.46. The van der Waals surface area contributed by atoms with Gasteiger partial charge in [-0.05, 0) is 19.8 Å². The van der Waals surface area contributed by atoms with Crippen molar-refractivity contribution in [3.8, 4) is 0 Å². The third-order valence-electron chi connectivity index (χ3n) is 4.50. The number of amides is 2. The van der Waals surface area contributed by atoms with Gasteiger partial charge in [-0.25, -0.2) is 0 Å². The van der Waals surface area contributed by atoms with E-state index in [1.807, 2.05) is 17.8 Å². The zero-order chi connectivity index (χ0) is 14.9. The van der Waals surface area contributed by atoms with Gasteiger partial charge in [0.1, 0.15) is 5.54 Å². The van der Waals surface area contributed by atoms with Gasteiger partial charge in [-0.3, -0.25) is 14.3 Å². The van der Waals surface area contributed by atoms with Gasteiger partial charge in [-0.1, -0.05) is 19.3 Å². The second kappa shape index (κ2) is 5.50. The summed E-state index contributed by atoms with van der Waals surface area (Å²) in [6, 6.07) is 0. The number of rotatable bonds is 3. The minimum atomic E-state index is -0.645. The Kier molecular flexibility index (Phi) is 3.69. The van der Waals surface area contributed by atoms with Gasteiger partial charge in [0.05, 0.1) is 12.7 Å². The normalized spacial score (nSPS) is 21.7. The Bertz CT molecular complexity index is 546. The molecule has 1 spiro atoms. The highest BCUT2D eigenvalue weighted by molar-refractivity contribution is 5.98. The minimum absolute atomic E-state index is 0.0422. The molecule has 2 fully saturated rings.